The van der Waals surface area contributed by atoms with Crippen LogP contribution in [0.1, 0.15) is 31.4 Å². The average Bonchev–Trinajstić information content (AvgIpc) is 2.77. The molecule has 1 aromatic rings. The Labute approximate surface area is 96.8 Å². The first-order valence-electron chi connectivity index (χ1n) is 5.47. The molecule has 15 heavy (non-hydrogen) atoms. The van der Waals surface area contributed by atoms with E-state index in [-0.39, 0.29) is 0 Å². The molecule has 0 aromatic heterocycles. The molecule has 1 aliphatic carbocycles. The Morgan fingerprint density at radius 1 is 1.47 bits per heavy atom. The van der Waals surface area contributed by atoms with E-state index >= 15 is 0 Å². The van der Waals surface area contributed by atoms with Gasteiger partial charge < -0.3 is 5.32 Å². The third kappa shape index (κ3) is 2.53. The SMILES string of the molecule is Cc1ccc(CNC2CC2(C)C)cc1Cl. The average molecular weight is 224 g/mol. The lowest BCUT2D eigenvalue weighted by molar-refractivity contribution is 0.542. The lowest BCUT2D eigenvalue weighted by atomic mass is 10.1. The molecule has 82 valence electrons. The minimum absolute atomic E-state index is 0.495. The molecule has 2 rings (SSSR count). The van der Waals surface area contributed by atoms with E-state index in [9.17, 15) is 0 Å². The molecule has 0 saturated heterocycles. The fraction of sp³-hybridized carbons (Fsp3) is 0.538. The van der Waals surface area contributed by atoms with Crippen LogP contribution in [0.2, 0.25) is 5.02 Å². The second-order valence-corrected chi connectivity index (χ2v) is 5.62. The van der Waals surface area contributed by atoms with Crippen LogP contribution in [0.15, 0.2) is 18.2 Å². The Morgan fingerprint density at radius 3 is 2.67 bits per heavy atom. The molecule has 1 aromatic carbocycles. The van der Waals surface area contributed by atoms with Crippen LogP contribution in [-0.2, 0) is 6.54 Å². The van der Waals surface area contributed by atoms with Gasteiger partial charge in [0.1, 0.15) is 0 Å². The van der Waals surface area contributed by atoms with E-state index in [1.54, 1.807) is 0 Å². The number of hydrogen-bond acceptors (Lipinski definition) is 1. The maximum absolute atomic E-state index is 6.07. The molecule has 0 bridgehead atoms. The Balaban J connectivity index is 1.92. The van der Waals surface area contributed by atoms with Crippen molar-refractivity contribution in [2.45, 2.75) is 39.8 Å². The summed E-state index contributed by atoms with van der Waals surface area (Å²) in [5, 5.41) is 4.42. The van der Waals surface area contributed by atoms with Gasteiger partial charge in [-0.3, -0.25) is 0 Å². The first-order chi connectivity index (χ1) is 6.99. The van der Waals surface area contributed by atoms with Gasteiger partial charge in [-0.25, -0.2) is 0 Å². The molecule has 0 spiro atoms. The lowest BCUT2D eigenvalue weighted by Crippen LogP contribution is -2.19. The van der Waals surface area contributed by atoms with Crippen LogP contribution in [0.4, 0.5) is 0 Å². The van der Waals surface area contributed by atoms with E-state index in [1.165, 1.54) is 12.0 Å². The quantitative estimate of drug-likeness (QED) is 0.827. The summed E-state index contributed by atoms with van der Waals surface area (Å²) in [7, 11) is 0. The lowest BCUT2D eigenvalue weighted by Gasteiger charge is -2.07. The second-order valence-electron chi connectivity index (χ2n) is 5.21. The minimum atomic E-state index is 0.495. The maximum Gasteiger partial charge on any atom is 0.0438 e. The zero-order chi connectivity index (χ0) is 11.1. The Hall–Kier alpha value is -0.530. The van der Waals surface area contributed by atoms with Crippen molar-refractivity contribution < 1.29 is 0 Å². The normalized spacial score (nSPS) is 22.8. The summed E-state index contributed by atoms with van der Waals surface area (Å²) in [6.45, 7) is 7.55. The molecule has 0 amide bonds. The van der Waals surface area contributed by atoms with Gasteiger partial charge in [-0.2, -0.15) is 0 Å². The van der Waals surface area contributed by atoms with Crippen molar-refractivity contribution in [2.75, 3.05) is 0 Å². The van der Waals surface area contributed by atoms with Gasteiger partial charge in [0.2, 0.25) is 0 Å². The smallest absolute Gasteiger partial charge is 0.0438 e. The fourth-order valence-corrected chi connectivity index (χ4v) is 2.01. The predicted molar refractivity (Wildman–Crippen MR) is 65.2 cm³/mol. The Kier molecular flexibility index (Phi) is 2.78. The van der Waals surface area contributed by atoms with Gasteiger partial charge in [0.15, 0.2) is 0 Å². The largest absolute Gasteiger partial charge is 0.309 e. The van der Waals surface area contributed by atoms with Crippen LogP contribution in [0.5, 0.6) is 0 Å². The monoisotopic (exact) mass is 223 g/mol. The molecule has 0 aliphatic heterocycles. The Morgan fingerprint density at radius 2 is 2.13 bits per heavy atom. The van der Waals surface area contributed by atoms with E-state index in [0.29, 0.717) is 11.5 Å². The molecule has 0 heterocycles. The van der Waals surface area contributed by atoms with Crippen molar-refractivity contribution in [3.63, 3.8) is 0 Å². The number of rotatable bonds is 3. The third-order valence-electron chi connectivity index (χ3n) is 3.30. The number of aryl methyl sites for hydroxylation is 1. The number of nitrogens with one attached hydrogen (secondary N) is 1. The predicted octanol–water partition coefficient (Wildman–Crippen LogP) is 3.54. The van der Waals surface area contributed by atoms with Crippen LogP contribution in [0, 0.1) is 12.3 Å². The minimum Gasteiger partial charge on any atom is -0.309 e. The van der Waals surface area contributed by atoms with E-state index in [0.717, 1.165) is 17.1 Å². The van der Waals surface area contributed by atoms with Crippen molar-refractivity contribution >= 4 is 11.6 Å². The van der Waals surface area contributed by atoms with Crippen LogP contribution in [-0.4, -0.2) is 6.04 Å². The number of benzene rings is 1. The van der Waals surface area contributed by atoms with Gasteiger partial charge in [0.25, 0.3) is 0 Å². The fourth-order valence-electron chi connectivity index (χ4n) is 1.80. The van der Waals surface area contributed by atoms with Crippen LogP contribution >= 0.6 is 11.6 Å². The van der Waals surface area contributed by atoms with Gasteiger partial charge in [0, 0.05) is 17.6 Å². The molecule has 1 atom stereocenters. The highest BCUT2D eigenvalue weighted by atomic mass is 35.5. The van der Waals surface area contributed by atoms with E-state index < -0.39 is 0 Å². The molecular weight excluding hydrogens is 206 g/mol. The van der Waals surface area contributed by atoms with Gasteiger partial charge in [0.05, 0.1) is 0 Å². The first kappa shape index (κ1) is 11.0. The summed E-state index contributed by atoms with van der Waals surface area (Å²) in [6.07, 6.45) is 1.28. The molecule has 1 nitrogen and oxygen atoms in total. The summed E-state index contributed by atoms with van der Waals surface area (Å²) in [6, 6.07) is 6.96. The van der Waals surface area contributed by atoms with Gasteiger partial charge >= 0.3 is 0 Å². The molecule has 1 N–H and O–H groups in total. The summed E-state index contributed by atoms with van der Waals surface area (Å²) in [5.74, 6) is 0. The van der Waals surface area contributed by atoms with Crippen molar-refractivity contribution in [3.8, 4) is 0 Å². The summed E-state index contributed by atoms with van der Waals surface area (Å²) in [5.41, 5.74) is 2.91. The van der Waals surface area contributed by atoms with Crippen LogP contribution in [0.25, 0.3) is 0 Å². The molecule has 2 heteroatoms. The molecule has 1 saturated carbocycles. The highest BCUT2D eigenvalue weighted by Crippen LogP contribution is 2.44. The van der Waals surface area contributed by atoms with Crippen LogP contribution in [0.3, 0.4) is 0 Å². The van der Waals surface area contributed by atoms with Crippen molar-refractivity contribution in [3.05, 3.63) is 34.3 Å². The first-order valence-corrected chi connectivity index (χ1v) is 5.85. The zero-order valence-corrected chi connectivity index (χ0v) is 10.4. The van der Waals surface area contributed by atoms with Crippen molar-refractivity contribution in [2.24, 2.45) is 5.41 Å². The molecule has 1 fully saturated rings. The van der Waals surface area contributed by atoms with Gasteiger partial charge in [-0.05, 0) is 36.0 Å². The van der Waals surface area contributed by atoms with Crippen molar-refractivity contribution in [1.82, 2.24) is 5.32 Å². The highest BCUT2D eigenvalue weighted by molar-refractivity contribution is 6.31. The Bertz CT molecular complexity index is 371. The van der Waals surface area contributed by atoms with Crippen LogP contribution < -0.4 is 5.32 Å². The second kappa shape index (κ2) is 3.80. The number of halogens is 1. The van der Waals surface area contributed by atoms with Crippen molar-refractivity contribution in [1.29, 1.82) is 0 Å². The van der Waals surface area contributed by atoms with E-state index in [2.05, 4.69) is 37.4 Å². The maximum atomic E-state index is 6.07. The van der Waals surface area contributed by atoms with Gasteiger partial charge in [-0.15, -0.1) is 0 Å². The molecule has 1 unspecified atom stereocenters. The summed E-state index contributed by atoms with van der Waals surface area (Å²) < 4.78 is 0. The zero-order valence-electron chi connectivity index (χ0n) is 9.60. The van der Waals surface area contributed by atoms with Gasteiger partial charge in [-0.1, -0.05) is 37.6 Å². The third-order valence-corrected chi connectivity index (χ3v) is 3.71. The van der Waals surface area contributed by atoms with E-state index in [1.807, 2.05) is 6.92 Å². The molecule has 0 radical (unpaired) electrons. The standard InChI is InChI=1S/C13H18ClN/c1-9-4-5-10(6-11(9)14)8-15-12-7-13(12,2)3/h4-6,12,15H,7-8H2,1-3H3. The highest BCUT2D eigenvalue weighted by Gasteiger charge is 2.44. The van der Waals surface area contributed by atoms with E-state index in [4.69, 9.17) is 11.6 Å². The summed E-state index contributed by atoms with van der Waals surface area (Å²) in [4.78, 5) is 0. The summed E-state index contributed by atoms with van der Waals surface area (Å²) >= 11 is 6.07. The number of hydrogen-bond donors (Lipinski definition) is 1. The molecule has 1 aliphatic rings. The molecular formula is C13H18ClN. The topological polar surface area (TPSA) is 12.0 Å².